The number of hydrogen-bond donors (Lipinski definition) is 3. The van der Waals surface area contributed by atoms with Crippen LogP contribution in [0.5, 0.6) is 0 Å². The van der Waals surface area contributed by atoms with Gasteiger partial charge in [0.1, 0.15) is 11.9 Å². The number of nitrogens with one attached hydrogen (secondary N) is 2. The van der Waals surface area contributed by atoms with Gasteiger partial charge in [-0.2, -0.15) is 0 Å². The van der Waals surface area contributed by atoms with Crippen LogP contribution in [0.4, 0.5) is 0 Å². The highest BCUT2D eigenvalue weighted by Crippen LogP contribution is 2.21. The Balaban J connectivity index is 2.27. The number of aliphatic imine (C=N–C) groups is 1. The highest BCUT2D eigenvalue weighted by molar-refractivity contribution is 5.79. The van der Waals surface area contributed by atoms with E-state index < -0.39 is 12.0 Å². The van der Waals surface area contributed by atoms with Crippen molar-refractivity contribution in [3.8, 4) is 0 Å². The SMILES string of the molecule is O=C(O)C1NNC2=C1CCC=N2. The number of aliphatic carboxylic acids is 1. The van der Waals surface area contributed by atoms with E-state index in [4.69, 9.17) is 5.11 Å². The fraction of sp³-hybridized carbons (Fsp3) is 0.429. The smallest absolute Gasteiger partial charge is 0.326 e. The van der Waals surface area contributed by atoms with Gasteiger partial charge in [0.25, 0.3) is 0 Å². The van der Waals surface area contributed by atoms with Crippen LogP contribution in [0, 0.1) is 0 Å². The average Bonchev–Trinajstić information content (AvgIpc) is 2.47. The Morgan fingerprint density at radius 1 is 1.75 bits per heavy atom. The number of hydrazine groups is 1. The third-order valence-corrected chi connectivity index (χ3v) is 2.00. The molecular formula is C7H9N3O2. The zero-order chi connectivity index (χ0) is 8.55. The van der Waals surface area contributed by atoms with E-state index in [1.165, 1.54) is 0 Å². The number of carboxylic acid groups (broad SMARTS) is 1. The molecule has 2 heterocycles. The Labute approximate surface area is 69.1 Å². The van der Waals surface area contributed by atoms with E-state index in [2.05, 4.69) is 15.8 Å². The van der Waals surface area contributed by atoms with Crippen molar-refractivity contribution in [1.29, 1.82) is 0 Å². The van der Waals surface area contributed by atoms with E-state index in [9.17, 15) is 4.79 Å². The molecule has 2 aliphatic heterocycles. The fourth-order valence-electron chi connectivity index (χ4n) is 1.41. The third kappa shape index (κ3) is 0.984. The highest BCUT2D eigenvalue weighted by atomic mass is 16.4. The summed E-state index contributed by atoms with van der Waals surface area (Å²) in [5.41, 5.74) is 6.25. The molecule has 2 aliphatic rings. The van der Waals surface area contributed by atoms with Gasteiger partial charge in [-0.25, -0.2) is 10.4 Å². The van der Waals surface area contributed by atoms with Gasteiger partial charge in [-0.1, -0.05) is 0 Å². The topological polar surface area (TPSA) is 73.7 Å². The third-order valence-electron chi connectivity index (χ3n) is 2.00. The summed E-state index contributed by atoms with van der Waals surface area (Å²) in [6, 6.07) is -0.600. The predicted octanol–water partition coefficient (Wildman–Crippen LogP) is -0.376. The van der Waals surface area contributed by atoms with Crippen LogP contribution in [-0.2, 0) is 4.79 Å². The molecule has 64 valence electrons. The molecule has 0 fully saturated rings. The first-order chi connectivity index (χ1) is 5.79. The average molecular weight is 167 g/mol. The predicted molar refractivity (Wildman–Crippen MR) is 42.4 cm³/mol. The maximum atomic E-state index is 10.7. The molecule has 5 heteroatoms. The van der Waals surface area contributed by atoms with E-state index in [1.54, 1.807) is 6.21 Å². The Bertz CT molecular complexity index is 282. The summed E-state index contributed by atoms with van der Waals surface area (Å²) in [6.45, 7) is 0. The molecule has 0 saturated heterocycles. The van der Waals surface area contributed by atoms with Crippen molar-refractivity contribution in [2.75, 3.05) is 0 Å². The van der Waals surface area contributed by atoms with Crippen molar-refractivity contribution in [3.63, 3.8) is 0 Å². The zero-order valence-corrected chi connectivity index (χ0v) is 6.37. The van der Waals surface area contributed by atoms with E-state index in [1.807, 2.05) is 0 Å². The lowest BCUT2D eigenvalue weighted by molar-refractivity contribution is -0.138. The fourth-order valence-corrected chi connectivity index (χ4v) is 1.41. The number of rotatable bonds is 1. The molecule has 12 heavy (non-hydrogen) atoms. The molecule has 0 bridgehead atoms. The second kappa shape index (κ2) is 2.60. The van der Waals surface area contributed by atoms with Gasteiger partial charge in [-0.15, -0.1) is 0 Å². The van der Waals surface area contributed by atoms with Gasteiger partial charge in [0, 0.05) is 11.8 Å². The molecule has 0 aromatic carbocycles. The Morgan fingerprint density at radius 2 is 2.58 bits per heavy atom. The lowest BCUT2D eigenvalue weighted by atomic mass is 10.0. The second-order valence-electron chi connectivity index (χ2n) is 2.76. The largest absolute Gasteiger partial charge is 0.480 e. The van der Waals surface area contributed by atoms with Crippen molar-refractivity contribution in [2.24, 2.45) is 4.99 Å². The molecular weight excluding hydrogens is 158 g/mol. The molecule has 0 radical (unpaired) electrons. The Hall–Kier alpha value is -1.36. The molecule has 0 aromatic rings. The van der Waals surface area contributed by atoms with Crippen molar-refractivity contribution < 1.29 is 9.90 Å². The van der Waals surface area contributed by atoms with Gasteiger partial charge in [-0.3, -0.25) is 4.79 Å². The molecule has 5 nitrogen and oxygen atoms in total. The minimum Gasteiger partial charge on any atom is -0.480 e. The first kappa shape index (κ1) is 7.30. The van der Waals surface area contributed by atoms with Crippen LogP contribution in [0.1, 0.15) is 12.8 Å². The molecule has 3 N–H and O–H groups in total. The summed E-state index contributed by atoms with van der Waals surface area (Å²) in [5.74, 6) is -0.182. The van der Waals surface area contributed by atoms with Crippen LogP contribution >= 0.6 is 0 Å². The minimum absolute atomic E-state index is 0.600. The molecule has 0 aromatic heterocycles. The number of hydrogen-bond acceptors (Lipinski definition) is 4. The van der Waals surface area contributed by atoms with Crippen LogP contribution in [0.15, 0.2) is 16.4 Å². The lowest BCUT2D eigenvalue weighted by Gasteiger charge is -2.08. The zero-order valence-electron chi connectivity index (χ0n) is 6.37. The van der Waals surface area contributed by atoms with E-state index in [0.717, 1.165) is 18.4 Å². The van der Waals surface area contributed by atoms with Gasteiger partial charge in [0.05, 0.1) is 0 Å². The molecule has 1 unspecified atom stereocenters. The summed E-state index contributed by atoms with van der Waals surface area (Å²) < 4.78 is 0. The summed E-state index contributed by atoms with van der Waals surface area (Å²) >= 11 is 0. The lowest BCUT2D eigenvalue weighted by Crippen LogP contribution is -2.38. The van der Waals surface area contributed by atoms with E-state index in [0.29, 0.717) is 5.82 Å². The van der Waals surface area contributed by atoms with Crippen molar-refractivity contribution in [3.05, 3.63) is 11.4 Å². The minimum atomic E-state index is -0.857. The molecule has 0 amide bonds. The maximum Gasteiger partial charge on any atom is 0.326 e. The number of carbonyl (C=O) groups is 1. The van der Waals surface area contributed by atoms with Crippen LogP contribution in [-0.4, -0.2) is 23.3 Å². The number of carboxylic acids is 1. The van der Waals surface area contributed by atoms with Crippen LogP contribution in [0.3, 0.4) is 0 Å². The van der Waals surface area contributed by atoms with Crippen LogP contribution < -0.4 is 10.9 Å². The van der Waals surface area contributed by atoms with Crippen LogP contribution in [0.25, 0.3) is 0 Å². The summed E-state index contributed by atoms with van der Waals surface area (Å²) in [6.07, 6.45) is 3.39. The van der Waals surface area contributed by atoms with Gasteiger partial charge < -0.3 is 10.5 Å². The van der Waals surface area contributed by atoms with E-state index >= 15 is 0 Å². The quantitative estimate of drug-likeness (QED) is 0.498. The standard InChI is InChI=1S/C7H9N3O2/c11-7(12)5-4-2-1-3-8-6(4)10-9-5/h3,5,9-10H,1-2H2,(H,11,12). The maximum absolute atomic E-state index is 10.7. The Kier molecular flexibility index (Phi) is 1.58. The summed E-state index contributed by atoms with van der Waals surface area (Å²) in [5, 5.41) is 8.76. The first-order valence-corrected chi connectivity index (χ1v) is 3.79. The van der Waals surface area contributed by atoms with Gasteiger partial charge >= 0.3 is 5.97 Å². The van der Waals surface area contributed by atoms with Crippen molar-refractivity contribution in [1.82, 2.24) is 10.9 Å². The van der Waals surface area contributed by atoms with E-state index in [-0.39, 0.29) is 0 Å². The number of nitrogens with zero attached hydrogens (tertiary/aromatic N) is 1. The van der Waals surface area contributed by atoms with Crippen molar-refractivity contribution >= 4 is 12.2 Å². The molecule has 0 spiro atoms. The monoisotopic (exact) mass is 167 g/mol. The van der Waals surface area contributed by atoms with Crippen LogP contribution in [0.2, 0.25) is 0 Å². The molecule has 1 atom stereocenters. The Morgan fingerprint density at radius 3 is 3.33 bits per heavy atom. The first-order valence-electron chi connectivity index (χ1n) is 3.79. The molecule has 0 aliphatic carbocycles. The summed E-state index contributed by atoms with van der Waals surface area (Å²) in [4.78, 5) is 14.7. The molecule has 2 rings (SSSR count). The van der Waals surface area contributed by atoms with Gasteiger partial charge in [0.15, 0.2) is 0 Å². The second-order valence-corrected chi connectivity index (χ2v) is 2.76. The highest BCUT2D eigenvalue weighted by Gasteiger charge is 2.31. The van der Waals surface area contributed by atoms with Gasteiger partial charge in [-0.05, 0) is 12.8 Å². The van der Waals surface area contributed by atoms with Gasteiger partial charge in [0.2, 0.25) is 0 Å². The summed E-state index contributed by atoms with van der Waals surface area (Å²) in [7, 11) is 0. The molecule has 0 saturated carbocycles. The normalized spacial score (nSPS) is 26.8. The van der Waals surface area contributed by atoms with Crippen molar-refractivity contribution in [2.45, 2.75) is 18.9 Å².